The van der Waals surface area contributed by atoms with Crippen molar-refractivity contribution in [2.24, 2.45) is 0 Å². The Labute approximate surface area is 196 Å². The van der Waals surface area contributed by atoms with Gasteiger partial charge in [0, 0.05) is 25.5 Å². The average molecular weight is 455 g/mol. The van der Waals surface area contributed by atoms with Gasteiger partial charge in [0.05, 0.1) is 17.5 Å². The van der Waals surface area contributed by atoms with Crippen molar-refractivity contribution in [2.75, 3.05) is 25.0 Å². The molecule has 2 heterocycles. The fraction of sp³-hybridized carbons (Fsp3) is 0.654. The lowest BCUT2D eigenvalue weighted by atomic mass is 9.95. The highest BCUT2D eigenvalue weighted by molar-refractivity contribution is 5.91. The highest BCUT2D eigenvalue weighted by atomic mass is 16.6. The molecule has 0 radical (unpaired) electrons. The summed E-state index contributed by atoms with van der Waals surface area (Å²) in [5, 5.41) is 6.61. The average Bonchev–Trinajstić information content (AvgIpc) is 3.05. The van der Waals surface area contributed by atoms with Crippen molar-refractivity contribution in [1.29, 1.82) is 0 Å². The van der Waals surface area contributed by atoms with E-state index in [-0.39, 0.29) is 23.7 Å². The van der Waals surface area contributed by atoms with Gasteiger partial charge in [0.15, 0.2) is 5.82 Å². The van der Waals surface area contributed by atoms with E-state index in [0.29, 0.717) is 6.54 Å². The first-order chi connectivity index (χ1) is 15.7. The van der Waals surface area contributed by atoms with Gasteiger partial charge in [0.25, 0.3) is 5.56 Å². The van der Waals surface area contributed by atoms with Crippen LogP contribution in [0.25, 0.3) is 10.8 Å². The number of carbonyl (C=O) groups is 1. The second kappa shape index (κ2) is 9.74. The molecular weight excluding hydrogens is 416 g/mol. The van der Waals surface area contributed by atoms with E-state index in [4.69, 9.17) is 9.84 Å². The van der Waals surface area contributed by atoms with E-state index in [1.54, 1.807) is 9.58 Å². The second-order valence-electron chi connectivity index (χ2n) is 10.6. The zero-order valence-corrected chi connectivity index (χ0v) is 20.5. The number of likely N-dealkylation sites (N-methyl/N-ethyl adjacent to an activating group) is 1. The van der Waals surface area contributed by atoms with Crippen LogP contribution in [0.4, 0.5) is 10.6 Å². The fourth-order valence-corrected chi connectivity index (χ4v) is 5.11. The van der Waals surface area contributed by atoms with Crippen LogP contribution in [-0.4, -0.2) is 52.6 Å². The Morgan fingerprint density at radius 2 is 1.70 bits per heavy atom. The minimum Gasteiger partial charge on any atom is -0.444 e. The van der Waals surface area contributed by atoms with Crippen molar-refractivity contribution >= 4 is 22.7 Å². The molecule has 4 rings (SSSR count). The van der Waals surface area contributed by atoms with Crippen LogP contribution in [0.3, 0.4) is 0 Å². The van der Waals surface area contributed by atoms with Crippen LogP contribution in [0.5, 0.6) is 0 Å². The molecule has 0 unspecified atom stereocenters. The van der Waals surface area contributed by atoms with Gasteiger partial charge in [-0.1, -0.05) is 37.5 Å². The molecule has 1 saturated carbocycles. The number of carbonyl (C=O) groups excluding carboxylic acids is 1. The number of rotatable bonds is 3. The van der Waals surface area contributed by atoms with Gasteiger partial charge in [0.1, 0.15) is 5.60 Å². The van der Waals surface area contributed by atoms with Crippen LogP contribution in [-0.2, 0) is 4.74 Å². The molecule has 0 N–H and O–H groups in total. The number of amides is 1. The molecule has 1 atom stereocenters. The van der Waals surface area contributed by atoms with Gasteiger partial charge in [0.2, 0.25) is 0 Å². The normalized spacial score (nSPS) is 20.5. The summed E-state index contributed by atoms with van der Waals surface area (Å²) >= 11 is 0. The molecule has 180 valence electrons. The molecule has 1 aromatic carbocycles. The van der Waals surface area contributed by atoms with Crippen molar-refractivity contribution in [2.45, 2.75) is 89.8 Å². The largest absolute Gasteiger partial charge is 0.444 e. The predicted octanol–water partition coefficient (Wildman–Crippen LogP) is 5.13. The molecule has 33 heavy (non-hydrogen) atoms. The number of anilines is 1. The highest BCUT2D eigenvalue weighted by Gasteiger charge is 2.30. The lowest BCUT2D eigenvalue weighted by molar-refractivity contribution is 0.0222. The van der Waals surface area contributed by atoms with E-state index in [0.717, 1.165) is 68.1 Å². The summed E-state index contributed by atoms with van der Waals surface area (Å²) in [4.78, 5) is 30.1. The van der Waals surface area contributed by atoms with Crippen molar-refractivity contribution in [1.82, 2.24) is 14.7 Å². The summed E-state index contributed by atoms with van der Waals surface area (Å²) in [6, 6.07) is 8.02. The minimum atomic E-state index is -0.525. The second-order valence-corrected chi connectivity index (χ2v) is 10.6. The first-order valence-electron chi connectivity index (χ1n) is 12.5. The van der Waals surface area contributed by atoms with Crippen LogP contribution in [0, 0.1) is 0 Å². The van der Waals surface area contributed by atoms with Gasteiger partial charge in [-0.15, -0.1) is 0 Å². The van der Waals surface area contributed by atoms with Crippen LogP contribution in [0.15, 0.2) is 29.1 Å². The summed E-state index contributed by atoms with van der Waals surface area (Å²) in [5.74, 6) is 0.861. The molecule has 1 aliphatic carbocycles. The number of aromatic nitrogens is 2. The van der Waals surface area contributed by atoms with E-state index in [9.17, 15) is 9.59 Å². The summed E-state index contributed by atoms with van der Waals surface area (Å²) in [5.41, 5.74) is -0.512. The maximum absolute atomic E-state index is 13.3. The molecule has 1 amide bonds. The van der Waals surface area contributed by atoms with E-state index in [2.05, 4.69) is 4.90 Å². The molecule has 2 aliphatic rings. The summed E-state index contributed by atoms with van der Waals surface area (Å²) in [6.07, 6.45) is 8.23. The summed E-state index contributed by atoms with van der Waals surface area (Å²) in [7, 11) is 1.83. The third-order valence-corrected chi connectivity index (χ3v) is 6.90. The smallest absolute Gasteiger partial charge is 0.410 e. The molecule has 0 bridgehead atoms. The van der Waals surface area contributed by atoms with Gasteiger partial charge >= 0.3 is 6.09 Å². The summed E-state index contributed by atoms with van der Waals surface area (Å²) < 4.78 is 7.38. The number of benzene rings is 1. The molecule has 1 saturated heterocycles. The third kappa shape index (κ3) is 5.33. The molecule has 1 aliphatic heterocycles. The van der Waals surface area contributed by atoms with Gasteiger partial charge in [-0.05, 0) is 58.9 Å². The Morgan fingerprint density at radius 3 is 2.39 bits per heavy atom. The van der Waals surface area contributed by atoms with E-state index >= 15 is 0 Å². The van der Waals surface area contributed by atoms with Crippen LogP contribution in [0.2, 0.25) is 0 Å². The first kappa shape index (κ1) is 23.6. The zero-order chi connectivity index (χ0) is 23.6. The maximum Gasteiger partial charge on any atom is 0.410 e. The highest BCUT2D eigenvalue weighted by Crippen LogP contribution is 2.30. The predicted molar refractivity (Wildman–Crippen MR) is 132 cm³/mol. The van der Waals surface area contributed by atoms with Crippen molar-refractivity contribution in [3.63, 3.8) is 0 Å². The van der Waals surface area contributed by atoms with Crippen LogP contribution in [0.1, 0.15) is 78.2 Å². The fourth-order valence-electron chi connectivity index (χ4n) is 5.11. The topological polar surface area (TPSA) is 67.7 Å². The maximum atomic E-state index is 13.3. The van der Waals surface area contributed by atoms with E-state index in [1.165, 1.54) is 6.42 Å². The molecule has 7 heteroatoms. The Hall–Kier alpha value is -2.57. The molecular formula is C26H38N4O3. The minimum absolute atomic E-state index is 0.0125. The molecule has 1 aromatic heterocycles. The Kier molecular flexibility index (Phi) is 6.96. The lowest BCUT2D eigenvalue weighted by Gasteiger charge is -2.33. The number of hydrogen-bond acceptors (Lipinski definition) is 5. The van der Waals surface area contributed by atoms with Crippen LogP contribution < -0.4 is 10.5 Å². The quantitative estimate of drug-likeness (QED) is 0.643. The number of hydrogen-bond donors (Lipinski definition) is 0. The number of fused-ring (bicyclic) bond motifs is 1. The molecule has 2 aromatic rings. The van der Waals surface area contributed by atoms with Gasteiger partial charge in [-0.3, -0.25) is 4.79 Å². The zero-order valence-electron chi connectivity index (χ0n) is 20.5. The van der Waals surface area contributed by atoms with Crippen LogP contribution >= 0.6 is 0 Å². The standard InChI is InChI=1S/C26H38N4O3/c1-26(2,3)33-25(32)28(4)20-14-10-11-17-29(18-20)23-21-15-8-9-16-22(21)24(31)30(27-23)19-12-6-5-7-13-19/h8-9,15-16,19-20H,5-7,10-14,17-18H2,1-4H3/t20-/m0/s1. The van der Waals surface area contributed by atoms with Gasteiger partial charge in [-0.25, -0.2) is 9.48 Å². The monoisotopic (exact) mass is 454 g/mol. The molecule has 0 spiro atoms. The SMILES string of the molecule is CN(C(=O)OC(C)(C)C)[C@H]1CCCCN(c2nn(C3CCCCC3)c(=O)c3ccccc23)C1. The Bertz CT molecular complexity index is 1040. The van der Waals surface area contributed by atoms with E-state index in [1.807, 2.05) is 52.1 Å². The molecule has 2 fully saturated rings. The Balaban J connectivity index is 1.68. The summed E-state index contributed by atoms with van der Waals surface area (Å²) in [6.45, 7) is 7.21. The number of ether oxygens (including phenoxy) is 1. The van der Waals surface area contributed by atoms with E-state index < -0.39 is 5.60 Å². The number of nitrogens with zero attached hydrogens (tertiary/aromatic N) is 4. The third-order valence-electron chi connectivity index (χ3n) is 6.90. The van der Waals surface area contributed by atoms with Crippen molar-refractivity contribution in [3.8, 4) is 0 Å². The lowest BCUT2D eigenvalue weighted by Crippen LogP contribution is -2.46. The van der Waals surface area contributed by atoms with Gasteiger partial charge in [-0.2, -0.15) is 5.10 Å². The van der Waals surface area contributed by atoms with Crippen molar-refractivity contribution in [3.05, 3.63) is 34.6 Å². The van der Waals surface area contributed by atoms with Crippen molar-refractivity contribution < 1.29 is 9.53 Å². The molecule has 7 nitrogen and oxygen atoms in total. The first-order valence-corrected chi connectivity index (χ1v) is 12.5. The Morgan fingerprint density at radius 1 is 1.03 bits per heavy atom. The van der Waals surface area contributed by atoms with Gasteiger partial charge < -0.3 is 14.5 Å².